The molecule has 0 aliphatic heterocycles. The van der Waals surface area contributed by atoms with Gasteiger partial charge in [-0.2, -0.15) is 0 Å². The van der Waals surface area contributed by atoms with E-state index in [4.69, 9.17) is 16.3 Å². The van der Waals surface area contributed by atoms with Crippen molar-refractivity contribution in [2.75, 3.05) is 12.5 Å². The number of benzene rings is 1. The van der Waals surface area contributed by atoms with E-state index in [1.807, 2.05) is 12.1 Å². The summed E-state index contributed by atoms with van der Waals surface area (Å²) in [7, 11) is 0. The van der Waals surface area contributed by atoms with Crippen LogP contribution in [0.1, 0.15) is 24.8 Å². The lowest BCUT2D eigenvalue weighted by Gasteiger charge is -2.04. The van der Waals surface area contributed by atoms with Crippen molar-refractivity contribution in [3.8, 4) is 0 Å². The quantitative estimate of drug-likeness (QED) is 0.535. The summed E-state index contributed by atoms with van der Waals surface area (Å²) in [6.45, 7) is 1.53. The van der Waals surface area contributed by atoms with Crippen molar-refractivity contribution in [1.82, 2.24) is 0 Å². The van der Waals surface area contributed by atoms with Crippen LogP contribution in [0.2, 0.25) is 0 Å². The summed E-state index contributed by atoms with van der Waals surface area (Å²) in [5.41, 5.74) is 1.22. The average molecular weight is 292 g/mol. The maximum absolute atomic E-state index is 5.58. The third-order valence-electron chi connectivity index (χ3n) is 2.10. The maximum Gasteiger partial charge on any atom is 0.0716 e. The lowest BCUT2D eigenvalue weighted by Crippen LogP contribution is -1.95. The summed E-state index contributed by atoms with van der Waals surface area (Å²) in [4.78, 5) is 0. The van der Waals surface area contributed by atoms with Gasteiger partial charge < -0.3 is 4.74 Å². The van der Waals surface area contributed by atoms with Crippen LogP contribution in [0, 0.1) is 0 Å². The molecule has 1 aromatic carbocycles. The molecule has 0 aliphatic rings. The van der Waals surface area contributed by atoms with E-state index in [0.717, 1.165) is 36.2 Å². The predicted octanol–water partition coefficient (Wildman–Crippen LogP) is 4.37. The number of halogens is 2. The summed E-state index contributed by atoms with van der Waals surface area (Å²) in [6, 6.07) is 8.21. The van der Waals surface area contributed by atoms with Gasteiger partial charge in [-0.25, -0.2) is 0 Å². The molecule has 1 nitrogen and oxygen atoms in total. The Morgan fingerprint density at radius 3 is 2.47 bits per heavy atom. The Morgan fingerprint density at radius 1 is 1.07 bits per heavy atom. The third-order valence-corrected chi connectivity index (χ3v) is 2.90. The number of hydrogen-bond acceptors (Lipinski definition) is 1. The molecule has 0 atom stereocenters. The highest BCUT2D eigenvalue weighted by molar-refractivity contribution is 9.10. The lowest BCUT2D eigenvalue weighted by atomic mass is 10.2. The molecular weight excluding hydrogens is 275 g/mol. The van der Waals surface area contributed by atoms with Crippen LogP contribution in [0.5, 0.6) is 0 Å². The minimum Gasteiger partial charge on any atom is -0.377 e. The van der Waals surface area contributed by atoms with Gasteiger partial charge >= 0.3 is 0 Å². The molecule has 84 valence electrons. The number of ether oxygens (including phenoxy) is 1. The summed E-state index contributed by atoms with van der Waals surface area (Å²) < 4.78 is 6.65. The minimum atomic E-state index is 0.703. The topological polar surface area (TPSA) is 9.23 Å². The smallest absolute Gasteiger partial charge is 0.0716 e. The Morgan fingerprint density at radius 2 is 1.80 bits per heavy atom. The molecule has 0 spiro atoms. The molecular formula is C12H16BrClO. The van der Waals surface area contributed by atoms with Crippen molar-refractivity contribution in [3.05, 3.63) is 34.3 Å². The van der Waals surface area contributed by atoms with Gasteiger partial charge in [-0.15, -0.1) is 11.6 Å². The first kappa shape index (κ1) is 13.0. The van der Waals surface area contributed by atoms with Crippen LogP contribution in [-0.2, 0) is 11.3 Å². The summed E-state index contributed by atoms with van der Waals surface area (Å²) in [5.74, 6) is 0.757. The Kier molecular flexibility index (Phi) is 7.07. The van der Waals surface area contributed by atoms with Crippen LogP contribution in [0.4, 0.5) is 0 Å². The highest BCUT2D eigenvalue weighted by Gasteiger charge is 1.93. The van der Waals surface area contributed by atoms with E-state index in [1.54, 1.807) is 0 Å². The fraction of sp³-hybridized carbons (Fsp3) is 0.500. The predicted molar refractivity (Wildman–Crippen MR) is 68.4 cm³/mol. The molecule has 0 amide bonds. The minimum absolute atomic E-state index is 0.703. The van der Waals surface area contributed by atoms with Gasteiger partial charge in [-0.05, 0) is 37.0 Å². The molecule has 0 radical (unpaired) electrons. The van der Waals surface area contributed by atoms with Crippen LogP contribution < -0.4 is 0 Å². The SMILES string of the molecule is ClCCCCCOCc1ccc(Br)cc1. The standard InChI is InChI=1S/C12H16BrClO/c13-12-6-4-11(5-7-12)10-15-9-3-1-2-8-14/h4-7H,1-3,8-10H2. The first-order chi connectivity index (χ1) is 7.33. The van der Waals surface area contributed by atoms with E-state index < -0.39 is 0 Å². The average Bonchev–Trinajstić information content (AvgIpc) is 2.26. The van der Waals surface area contributed by atoms with Crippen molar-refractivity contribution < 1.29 is 4.74 Å². The van der Waals surface area contributed by atoms with Crippen molar-refractivity contribution >= 4 is 27.5 Å². The van der Waals surface area contributed by atoms with Crippen molar-refractivity contribution in [3.63, 3.8) is 0 Å². The summed E-state index contributed by atoms with van der Waals surface area (Å²) in [6.07, 6.45) is 3.34. The molecule has 0 aromatic heterocycles. The van der Waals surface area contributed by atoms with Gasteiger partial charge in [0, 0.05) is 17.0 Å². The normalized spacial score (nSPS) is 10.5. The molecule has 0 aliphatic carbocycles. The number of hydrogen-bond donors (Lipinski definition) is 0. The zero-order chi connectivity index (χ0) is 10.9. The van der Waals surface area contributed by atoms with Gasteiger partial charge in [0.05, 0.1) is 6.61 Å². The summed E-state index contributed by atoms with van der Waals surface area (Å²) >= 11 is 8.98. The highest BCUT2D eigenvalue weighted by Crippen LogP contribution is 2.11. The van der Waals surface area contributed by atoms with Crippen LogP contribution in [0.3, 0.4) is 0 Å². The molecule has 3 heteroatoms. The molecule has 0 fully saturated rings. The molecule has 0 unspecified atom stereocenters. The Labute approximate surface area is 105 Å². The molecule has 0 N–H and O–H groups in total. The molecule has 0 saturated carbocycles. The molecule has 1 rings (SSSR count). The number of alkyl halides is 1. The first-order valence-electron chi connectivity index (χ1n) is 5.21. The Balaban J connectivity index is 2.07. The second-order valence-electron chi connectivity index (χ2n) is 3.43. The van der Waals surface area contributed by atoms with Gasteiger partial charge in [0.25, 0.3) is 0 Å². The van der Waals surface area contributed by atoms with Crippen molar-refractivity contribution in [2.45, 2.75) is 25.9 Å². The molecule has 15 heavy (non-hydrogen) atoms. The van der Waals surface area contributed by atoms with Crippen LogP contribution in [0.25, 0.3) is 0 Å². The summed E-state index contributed by atoms with van der Waals surface area (Å²) in [5, 5.41) is 0. The molecule has 1 aromatic rings. The lowest BCUT2D eigenvalue weighted by molar-refractivity contribution is 0.117. The number of unbranched alkanes of at least 4 members (excludes halogenated alkanes) is 2. The zero-order valence-electron chi connectivity index (χ0n) is 8.72. The largest absolute Gasteiger partial charge is 0.377 e. The van der Waals surface area contributed by atoms with E-state index in [-0.39, 0.29) is 0 Å². The monoisotopic (exact) mass is 290 g/mol. The van der Waals surface area contributed by atoms with Crippen molar-refractivity contribution in [1.29, 1.82) is 0 Å². The second kappa shape index (κ2) is 8.14. The molecule has 0 bridgehead atoms. The highest BCUT2D eigenvalue weighted by atomic mass is 79.9. The van der Waals surface area contributed by atoms with Gasteiger partial charge in [0.1, 0.15) is 0 Å². The van der Waals surface area contributed by atoms with E-state index in [0.29, 0.717) is 6.61 Å². The van der Waals surface area contributed by atoms with Gasteiger partial charge in [0.2, 0.25) is 0 Å². The third kappa shape index (κ3) is 6.18. The molecule has 0 saturated heterocycles. The second-order valence-corrected chi connectivity index (χ2v) is 4.72. The Bertz CT molecular complexity index is 261. The Hall–Kier alpha value is -0.0500. The fourth-order valence-electron chi connectivity index (χ4n) is 1.25. The van der Waals surface area contributed by atoms with Crippen LogP contribution in [0.15, 0.2) is 28.7 Å². The van der Waals surface area contributed by atoms with Gasteiger partial charge in [-0.1, -0.05) is 28.1 Å². The zero-order valence-corrected chi connectivity index (χ0v) is 11.1. The van der Waals surface area contributed by atoms with E-state index in [1.165, 1.54) is 5.56 Å². The fourth-order valence-corrected chi connectivity index (χ4v) is 1.70. The van der Waals surface area contributed by atoms with Crippen LogP contribution >= 0.6 is 27.5 Å². The van der Waals surface area contributed by atoms with Gasteiger partial charge in [-0.3, -0.25) is 0 Å². The van der Waals surface area contributed by atoms with Crippen LogP contribution in [-0.4, -0.2) is 12.5 Å². The maximum atomic E-state index is 5.58. The van der Waals surface area contributed by atoms with E-state index >= 15 is 0 Å². The number of rotatable bonds is 7. The van der Waals surface area contributed by atoms with Crippen molar-refractivity contribution in [2.24, 2.45) is 0 Å². The molecule has 0 heterocycles. The van der Waals surface area contributed by atoms with E-state index in [2.05, 4.69) is 28.1 Å². The first-order valence-corrected chi connectivity index (χ1v) is 6.54. The van der Waals surface area contributed by atoms with Gasteiger partial charge in [0.15, 0.2) is 0 Å². The van der Waals surface area contributed by atoms with E-state index in [9.17, 15) is 0 Å².